The first-order valence-electron chi connectivity index (χ1n) is 35.3. The van der Waals surface area contributed by atoms with E-state index in [4.69, 9.17) is 18.9 Å². The maximum atomic E-state index is 13.3. The normalized spacial score (nSPS) is 23.8. The summed E-state index contributed by atoms with van der Waals surface area (Å²) in [6.07, 6.45) is 68.2. The molecule has 0 aromatic heterocycles. The first-order chi connectivity index (χ1) is 43.6. The molecule has 12 unspecified atom stereocenters. The molecule has 14 heteroatoms. The molecule has 2 fully saturated rings. The van der Waals surface area contributed by atoms with E-state index in [0.717, 1.165) is 103 Å². The van der Waals surface area contributed by atoms with Gasteiger partial charge in [-0.15, -0.1) is 0 Å². The van der Waals surface area contributed by atoms with Gasteiger partial charge in [0.05, 0.1) is 32.0 Å². The lowest BCUT2D eigenvalue weighted by atomic mass is 9.97. The highest BCUT2D eigenvalue weighted by atomic mass is 16.7. The van der Waals surface area contributed by atoms with E-state index in [0.29, 0.717) is 12.8 Å². The predicted molar refractivity (Wildman–Crippen MR) is 364 cm³/mol. The fraction of sp³-hybridized carbons (Fsp3) is 0.720. The third-order valence-corrected chi connectivity index (χ3v) is 16.4. The van der Waals surface area contributed by atoms with Crippen molar-refractivity contribution in [2.24, 2.45) is 0 Å². The average molecular weight is 1250 g/mol. The molecule has 0 bridgehead atoms. The Morgan fingerprint density at radius 3 is 1.24 bits per heavy atom. The molecule has 0 aromatic rings. The van der Waals surface area contributed by atoms with Crippen molar-refractivity contribution in [1.29, 1.82) is 0 Å². The zero-order valence-electron chi connectivity index (χ0n) is 55.4. The summed E-state index contributed by atoms with van der Waals surface area (Å²) in [5, 5.41) is 87.4. The van der Waals surface area contributed by atoms with Crippen LogP contribution in [0, 0.1) is 0 Å². The van der Waals surface area contributed by atoms with Crippen LogP contribution < -0.4 is 5.32 Å². The summed E-state index contributed by atoms with van der Waals surface area (Å²) in [6.45, 7) is 2.66. The standard InChI is InChI=1S/C75H127NO13/c1-3-5-7-9-11-13-15-17-19-21-23-25-27-29-31-33-34-36-38-40-42-44-46-48-50-52-54-56-58-64(79)63(62-86-74-72(85)70(83)73(66(61-78)88-74)89-75-71(84)69(82)68(81)65(60-77)87-75)76-67(80)59-57-55-53-51-49-47-45-43-41-39-37-35-32-30-28-26-24-22-20-18-16-14-12-10-8-6-4-2/h6,8,12,14,18,20,24,26,30,32,37,39-40,42-43,45,48,50,56,58,63-66,68-75,77-79,81-85H,3-5,7,9-11,13,15-17,19,21-23,25,27-29,31,33-36,38,41,44,46-47,49,51-55,57,59-62H2,1-2H3,(H,76,80)/b8-6-,14-12-,20-18-,26-24-,32-30-,39-37-,42-40+,45-43-,50-48+,58-56+. The molecule has 9 N–H and O–H groups in total. The van der Waals surface area contributed by atoms with Crippen molar-refractivity contribution in [2.45, 2.75) is 325 Å². The fourth-order valence-electron chi connectivity index (χ4n) is 10.8. The van der Waals surface area contributed by atoms with Crippen molar-refractivity contribution in [3.63, 3.8) is 0 Å². The Morgan fingerprint density at radius 1 is 0.416 bits per heavy atom. The molecule has 0 spiro atoms. The number of unbranched alkanes of at least 4 members (excludes halogenated alkanes) is 25. The van der Waals surface area contributed by atoms with Crippen molar-refractivity contribution in [1.82, 2.24) is 5.32 Å². The average Bonchev–Trinajstić information content (AvgIpc) is 2.75. The van der Waals surface area contributed by atoms with Gasteiger partial charge in [-0.05, 0) is 103 Å². The van der Waals surface area contributed by atoms with Crippen LogP contribution >= 0.6 is 0 Å². The van der Waals surface area contributed by atoms with Gasteiger partial charge in [-0.2, -0.15) is 0 Å². The molecule has 89 heavy (non-hydrogen) atoms. The zero-order valence-corrected chi connectivity index (χ0v) is 55.4. The molecule has 510 valence electrons. The SMILES string of the molecule is CC/C=C\C/C=C\C/C=C\C/C=C\C/C=C\C/C=C\C/C=C\CCCCCCCC(=O)NC(COC1OC(CO)C(OC2OC(CO)C(O)C(O)C2O)C(O)C1O)C(O)/C=C/CC/C=C/CC/C=C/CCCCCCCCCCCCCCCCCCCC. The largest absolute Gasteiger partial charge is 0.394 e. The summed E-state index contributed by atoms with van der Waals surface area (Å²) in [5.74, 6) is -0.276. The van der Waals surface area contributed by atoms with Crippen LogP contribution in [0.5, 0.6) is 0 Å². The Labute approximate surface area is 539 Å². The van der Waals surface area contributed by atoms with Crippen molar-refractivity contribution < 1.29 is 64.6 Å². The van der Waals surface area contributed by atoms with Gasteiger partial charge < -0.3 is 65.1 Å². The monoisotopic (exact) mass is 1250 g/mol. The number of allylic oxidation sites excluding steroid dienone is 19. The van der Waals surface area contributed by atoms with Crippen molar-refractivity contribution in [2.75, 3.05) is 19.8 Å². The number of rotatable bonds is 56. The minimum Gasteiger partial charge on any atom is -0.394 e. The summed E-state index contributed by atoms with van der Waals surface area (Å²) >= 11 is 0. The number of nitrogens with one attached hydrogen (secondary N) is 1. The van der Waals surface area contributed by atoms with E-state index in [2.05, 4.69) is 129 Å². The Bertz CT molecular complexity index is 1960. The number of ether oxygens (including phenoxy) is 4. The highest BCUT2D eigenvalue weighted by molar-refractivity contribution is 5.76. The Morgan fingerprint density at radius 2 is 0.787 bits per heavy atom. The van der Waals surface area contributed by atoms with Crippen LogP contribution in [0.15, 0.2) is 122 Å². The van der Waals surface area contributed by atoms with E-state index in [1.54, 1.807) is 6.08 Å². The summed E-state index contributed by atoms with van der Waals surface area (Å²) in [5.41, 5.74) is 0. The molecule has 2 rings (SSSR count). The van der Waals surface area contributed by atoms with Crippen molar-refractivity contribution in [3.8, 4) is 0 Å². The maximum Gasteiger partial charge on any atom is 0.220 e. The van der Waals surface area contributed by atoms with Crippen molar-refractivity contribution in [3.05, 3.63) is 122 Å². The molecule has 14 nitrogen and oxygen atoms in total. The second-order valence-electron chi connectivity index (χ2n) is 24.3. The molecule has 0 saturated carbocycles. The molecule has 1 amide bonds. The summed E-state index contributed by atoms with van der Waals surface area (Å²) in [6, 6.07) is -0.960. The predicted octanol–water partition coefficient (Wildman–Crippen LogP) is 14.5. The van der Waals surface area contributed by atoms with E-state index in [1.807, 2.05) is 6.08 Å². The summed E-state index contributed by atoms with van der Waals surface area (Å²) in [4.78, 5) is 13.3. The smallest absolute Gasteiger partial charge is 0.220 e. The molecule has 0 radical (unpaired) electrons. The van der Waals surface area contributed by atoms with Gasteiger partial charge in [-0.1, -0.05) is 264 Å². The lowest BCUT2D eigenvalue weighted by molar-refractivity contribution is -0.359. The fourth-order valence-corrected chi connectivity index (χ4v) is 10.8. The minimum atomic E-state index is -1.80. The number of amides is 1. The van der Waals surface area contributed by atoms with E-state index in [9.17, 15) is 45.6 Å². The molecule has 2 heterocycles. The number of hydrogen-bond donors (Lipinski definition) is 9. The Hall–Kier alpha value is -3.61. The summed E-state index contributed by atoms with van der Waals surface area (Å²) < 4.78 is 22.8. The first kappa shape index (κ1) is 81.5. The molecule has 2 saturated heterocycles. The minimum absolute atomic E-state index is 0.239. The van der Waals surface area contributed by atoms with Crippen LogP contribution in [-0.4, -0.2) is 140 Å². The number of aliphatic hydroxyl groups excluding tert-OH is 8. The van der Waals surface area contributed by atoms with Gasteiger partial charge in [0.15, 0.2) is 12.6 Å². The second-order valence-corrected chi connectivity index (χ2v) is 24.3. The van der Waals surface area contributed by atoms with Crippen LogP contribution in [-0.2, 0) is 23.7 Å². The van der Waals surface area contributed by atoms with Gasteiger partial charge in [0, 0.05) is 6.42 Å². The van der Waals surface area contributed by atoms with Gasteiger partial charge in [0.25, 0.3) is 0 Å². The molecule has 2 aliphatic heterocycles. The quantitative estimate of drug-likeness (QED) is 0.0204. The van der Waals surface area contributed by atoms with Crippen LogP contribution in [0.25, 0.3) is 0 Å². The van der Waals surface area contributed by atoms with Gasteiger partial charge >= 0.3 is 0 Å². The maximum absolute atomic E-state index is 13.3. The summed E-state index contributed by atoms with van der Waals surface area (Å²) in [7, 11) is 0. The van der Waals surface area contributed by atoms with Crippen LogP contribution in [0.1, 0.15) is 251 Å². The highest BCUT2D eigenvalue weighted by Crippen LogP contribution is 2.30. The van der Waals surface area contributed by atoms with Crippen molar-refractivity contribution >= 4 is 5.91 Å². The molecule has 12 atom stereocenters. The molecule has 0 aliphatic carbocycles. The zero-order chi connectivity index (χ0) is 64.5. The third kappa shape index (κ3) is 42.3. The Balaban J connectivity index is 1.74. The number of carbonyl (C=O) groups excluding carboxylic acids is 1. The van der Waals surface area contributed by atoms with Gasteiger partial charge in [0.1, 0.15) is 48.8 Å². The van der Waals surface area contributed by atoms with Gasteiger partial charge in [-0.3, -0.25) is 4.79 Å². The molecular weight excluding hydrogens is 1120 g/mol. The van der Waals surface area contributed by atoms with E-state index in [-0.39, 0.29) is 18.9 Å². The number of aliphatic hydroxyl groups is 8. The van der Waals surface area contributed by atoms with E-state index in [1.165, 1.54) is 116 Å². The molecule has 0 aromatic carbocycles. The van der Waals surface area contributed by atoms with Crippen LogP contribution in [0.2, 0.25) is 0 Å². The van der Waals surface area contributed by atoms with Crippen LogP contribution in [0.4, 0.5) is 0 Å². The highest BCUT2D eigenvalue weighted by Gasteiger charge is 2.51. The lowest BCUT2D eigenvalue weighted by Gasteiger charge is -2.46. The van der Waals surface area contributed by atoms with E-state index < -0.39 is 86.8 Å². The molecule has 2 aliphatic rings. The third-order valence-electron chi connectivity index (χ3n) is 16.4. The van der Waals surface area contributed by atoms with E-state index >= 15 is 0 Å². The van der Waals surface area contributed by atoms with Gasteiger partial charge in [-0.25, -0.2) is 0 Å². The first-order valence-corrected chi connectivity index (χ1v) is 35.3. The second kappa shape index (κ2) is 58.2. The number of hydrogen-bond acceptors (Lipinski definition) is 13. The topological polar surface area (TPSA) is 228 Å². The lowest BCUT2D eigenvalue weighted by Crippen LogP contribution is -2.65. The number of carbonyl (C=O) groups is 1. The van der Waals surface area contributed by atoms with Gasteiger partial charge in [0.2, 0.25) is 5.91 Å². The van der Waals surface area contributed by atoms with Crippen LogP contribution in [0.3, 0.4) is 0 Å². The Kier molecular flexibility index (Phi) is 53.3. The molecular formula is C75H127NO13.